The lowest BCUT2D eigenvalue weighted by Gasteiger charge is -2.11. The van der Waals surface area contributed by atoms with E-state index in [0.29, 0.717) is 9.75 Å². The molecule has 2 aromatic rings. The number of esters is 4. The summed E-state index contributed by atoms with van der Waals surface area (Å²) in [4.78, 5) is 52.5. The lowest BCUT2D eigenvalue weighted by molar-refractivity contribution is -0.142. The van der Waals surface area contributed by atoms with E-state index in [2.05, 4.69) is 0 Å². The monoisotopic (exact) mass is 558 g/mol. The van der Waals surface area contributed by atoms with E-state index >= 15 is 0 Å². The minimum absolute atomic E-state index is 0.0464. The van der Waals surface area contributed by atoms with Crippen molar-refractivity contribution in [2.24, 2.45) is 0 Å². The molecule has 0 saturated heterocycles. The third-order valence-corrected chi connectivity index (χ3v) is 6.48. The second-order valence-electron chi connectivity index (χ2n) is 7.16. The van der Waals surface area contributed by atoms with Gasteiger partial charge in [0.05, 0.1) is 48.7 Å². The van der Waals surface area contributed by atoms with Crippen molar-refractivity contribution in [1.29, 1.82) is 0 Å². The zero-order valence-corrected chi connectivity index (χ0v) is 23.3. The molecule has 38 heavy (non-hydrogen) atoms. The Morgan fingerprint density at radius 1 is 0.579 bits per heavy atom. The SMILES string of the molecule is CCOC(=O)C(=C\C=C(\C(=O)OCC)c1cccs1)/C(=C/C=C(\C(=O)OCC)c1cccs1)C(=O)OCC. The number of allylic oxidation sites excluding steroid dienone is 4. The van der Waals surface area contributed by atoms with E-state index in [1.807, 2.05) is 0 Å². The number of carbonyl (C=O) groups is 4. The Kier molecular flexibility index (Phi) is 13.0. The van der Waals surface area contributed by atoms with Crippen molar-refractivity contribution in [2.45, 2.75) is 27.7 Å². The fraction of sp³-hybridized carbons (Fsp3) is 0.286. The second kappa shape index (κ2) is 16.2. The van der Waals surface area contributed by atoms with Crippen LogP contribution in [0.2, 0.25) is 0 Å². The van der Waals surface area contributed by atoms with Gasteiger partial charge in [0.15, 0.2) is 0 Å². The van der Waals surface area contributed by atoms with Crippen molar-refractivity contribution in [2.75, 3.05) is 26.4 Å². The first kappa shape index (κ1) is 30.5. The molecule has 0 N–H and O–H groups in total. The average molecular weight is 559 g/mol. The van der Waals surface area contributed by atoms with Crippen LogP contribution in [0.1, 0.15) is 37.4 Å². The maximum atomic E-state index is 13.0. The van der Waals surface area contributed by atoms with Gasteiger partial charge in [-0.1, -0.05) is 12.1 Å². The van der Waals surface area contributed by atoms with Crippen LogP contribution in [-0.2, 0) is 38.1 Å². The molecule has 0 spiro atoms. The van der Waals surface area contributed by atoms with Crippen molar-refractivity contribution in [3.63, 3.8) is 0 Å². The number of hydrogen-bond donors (Lipinski definition) is 0. The highest BCUT2D eigenvalue weighted by atomic mass is 32.1. The van der Waals surface area contributed by atoms with Gasteiger partial charge < -0.3 is 18.9 Å². The highest BCUT2D eigenvalue weighted by molar-refractivity contribution is 7.11. The predicted molar refractivity (Wildman–Crippen MR) is 147 cm³/mol. The molecule has 2 aromatic heterocycles. The topological polar surface area (TPSA) is 105 Å². The molecule has 10 heteroatoms. The molecular weight excluding hydrogens is 528 g/mol. The molecule has 0 unspecified atom stereocenters. The minimum Gasteiger partial charge on any atom is -0.462 e. The lowest BCUT2D eigenvalue weighted by atomic mass is 10.0. The first-order chi connectivity index (χ1) is 18.4. The average Bonchev–Trinajstić information content (AvgIpc) is 3.61. The minimum atomic E-state index is -0.806. The van der Waals surface area contributed by atoms with E-state index in [0.717, 1.165) is 0 Å². The Balaban J connectivity index is 2.74. The Morgan fingerprint density at radius 2 is 0.921 bits per heavy atom. The first-order valence-electron chi connectivity index (χ1n) is 12.0. The lowest BCUT2D eigenvalue weighted by Crippen LogP contribution is -2.17. The van der Waals surface area contributed by atoms with Crippen LogP contribution < -0.4 is 0 Å². The van der Waals surface area contributed by atoms with E-state index in [9.17, 15) is 19.2 Å². The quantitative estimate of drug-likeness (QED) is 0.140. The van der Waals surface area contributed by atoms with Gasteiger partial charge in [-0.05, 0) is 74.9 Å². The van der Waals surface area contributed by atoms with E-state index in [4.69, 9.17) is 18.9 Å². The van der Waals surface area contributed by atoms with Crippen LogP contribution in [-0.4, -0.2) is 50.3 Å². The Labute approximate surface area is 229 Å². The standard InChI is InChI=1S/C28H30O8S2/c1-5-33-25(29)19(13-15-21(27(31)35-7-3)23-11-9-17-37-23)20(26(30)34-6-2)14-16-22(28(32)36-8-4)24-12-10-18-38-24/h9-18H,5-8H2,1-4H3/b19-13-,20-14-,21-15-,22-16+. The molecule has 0 bridgehead atoms. The van der Waals surface area contributed by atoms with Crippen molar-refractivity contribution in [3.8, 4) is 0 Å². The molecule has 0 amide bonds. The summed E-state index contributed by atoms with van der Waals surface area (Å²) in [6.45, 7) is 7.05. The molecule has 2 heterocycles. The molecule has 0 aliphatic heterocycles. The van der Waals surface area contributed by atoms with Crippen LogP contribution in [0.25, 0.3) is 11.1 Å². The fourth-order valence-electron chi connectivity index (χ4n) is 3.07. The van der Waals surface area contributed by atoms with E-state index in [1.54, 1.807) is 62.7 Å². The summed E-state index contributed by atoms with van der Waals surface area (Å²) in [7, 11) is 0. The zero-order valence-electron chi connectivity index (χ0n) is 21.7. The highest BCUT2D eigenvalue weighted by Gasteiger charge is 2.24. The summed E-state index contributed by atoms with van der Waals surface area (Å²) in [6, 6.07) is 7.03. The van der Waals surface area contributed by atoms with Gasteiger partial charge in [0.1, 0.15) is 0 Å². The fourth-order valence-corrected chi connectivity index (χ4v) is 4.55. The summed E-state index contributed by atoms with van der Waals surface area (Å²) in [5.74, 6) is -2.78. The number of thiophene rings is 2. The van der Waals surface area contributed by atoms with Gasteiger partial charge in [-0.25, -0.2) is 19.2 Å². The zero-order chi connectivity index (χ0) is 27.9. The van der Waals surface area contributed by atoms with Crippen molar-refractivity contribution < 1.29 is 38.1 Å². The molecule has 202 valence electrons. The highest BCUT2D eigenvalue weighted by Crippen LogP contribution is 2.25. The van der Waals surface area contributed by atoms with Crippen molar-refractivity contribution >= 4 is 57.7 Å². The second-order valence-corrected chi connectivity index (χ2v) is 9.05. The van der Waals surface area contributed by atoms with Crippen LogP contribution in [0.5, 0.6) is 0 Å². The summed E-state index contributed by atoms with van der Waals surface area (Å²) >= 11 is 2.64. The van der Waals surface area contributed by atoms with Gasteiger partial charge in [-0.2, -0.15) is 0 Å². The van der Waals surface area contributed by atoms with Gasteiger partial charge in [0.2, 0.25) is 0 Å². The molecule has 0 radical (unpaired) electrons. The molecule has 0 saturated carbocycles. The molecule has 0 aliphatic rings. The van der Waals surface area contributed by atoms with Gasteiger partial charge in [0, 0.05) is 9.75 Å². The maximum Gasteiger partial charge on any atom is 0.339 e. The first-order valence-corrected chi connectivity index (χ1v) is 13.7. The summed E-state index contributed by atoms with van der Waals surface area (Å²) in [5, 5.41) is 3.60. The van der Waals surface area contributed by atoms with Gasteiger partial charge in [-0.15, -0.1) is 22.7 Å². The molecule has 8 nitrogen and oxygen atoms in total. The number of rotatable bonds is 13. The van der Waals surface area contributed by atoms with Crippen LogP contribution >= 0.6 is 22.7 Å². The maximum absolute atomic E-state index is 13.0. The van der Waals surface area contributed by atoms with E-state index < -0.39 is 23.9 Å². The molecule has 0 fully saturated rings. The Bertz CT molecular complexity index is 1120. The summed E-state index contributed by atoms with van der Waals surface area (Å²) in [6.07, 6.45) is 5.43. The predicted octanol–water partition coefficient (Wildman–Crippen LogP) is 5.38. The van der Waals surface area contributed by atoms with Gasteiger partial charge >= 0.3 is 23.9 Å². The third kappa shape index (κ3) is 8.67. The molecular formula is C28H30O8S2. The van der Waals surface area contributed by atoms with Crippen molar-refractivity contribution in [1.82, 2.24) is 0 Å². The third-order valence-electron chi connectivity index (χ3n) is 4.68. The largest absolute Gasteiger partial charge is 0.462 e. The molecule has 0 aliphatic carbocycles. The smallest absolute Gasteiger partial charge is 0.339 e. The van der Waals surface area contributed by atoms with Crippen LogP contribution in [0.3, 0.4) is 0 Å². The number of hydrogen-bond acceptors (Lipinski definition) is 10. The van der Waals surface area contributed by atoms with E-state index in [-0.39, 0.29) is 48.7 Å². The van der Waals surface area contributed by atoms with Crippen LogP contribution in [0.15, 0.2) is 70.5 Å². The Morgan fingerprint density at radius 3 is 1.21 bits per heavy atom. The van der Waals surface area contributed by atoms with Crippen LogP contribution in [0, 0.1) is 0 Å². The van der Waals surface area contributed by atoms with Gasteiger partial charge in [-0.3, -0.25) is 0 Å². The number of ether oxygens (including phenoxy) is 4. The van der Waals surface area contributed by atoms with Crippen molar-refractivity contribution in [3.05, 3.63) is 80.2 Å². The Hall–Kier alpha value is -3.76. The normalized spacial score (nSPS) is 12.6. The van der Waals surface area contributed by atoms with Crippen LogP contribution in [0.4, 0.5) is 0 Å². The summed E-state index contributed by atoms with van der Waals surface area (Å²) < 4.78 is 20.7. The molecule has 0 atom stereocenters. The molecule has 0 aromatic carbocycles. The van der Waals surface area contributed by atoms with E-state index in [1.165, 1.54) is 47.0 Å². The molecule has 2 rings (SSSR count). The number of carbonyl (C=O) groups excluding carboxylic acids is 4. The summed E-state index contributed by atoms with van der Waals surface area (Å²) in [5.41, 5.74) is 0.0879. The van der Waals surface area contributed by atoms with Gasteiger partial charge in [0.25, 0.3) is 0 Å².